The van der Waals surface area contributed by atoms with Gasteiger partial charge >= 0.3 is 0 Å². The van der Waals surface area contributed by atoms with Gasteiger partial charge in [-0.3, -0.25) is 4.79 Å². The number of aromatic nitrogens is 2. The molecule has 1 unspecified atom stereocenters. The van der Waals surface area contributed by atoms with Crippen molar-refractivity contribution < 1.29 is 9.18 Å². The molecule has 0 aliphatic carbocycles. The predicted molar refractivity (Wildman–Crippen MR) is 91.7 cm³/mol. The molecule has 126 valence electrons. The van der Waals surface area contributed by atoms with Crippen molar-refractivity contribution in [3.63, 3.8) is 0 Å². The van der Waals surface area contributed by atoms with Crippen molar-refractivity contribution >= 4 is 29.0 Å². The zero-order chi connectivity index (χ0) is 17.1. The number of rotatable bonds is 3. The number of aryl methyl sites for hydroxylation is 1. The number of anilines is 2. The maximum absolute atomic E-state index is 13.2. The molecule has 1 aliphatic heterocycles. The minimum atomic E-state index is -0.503. The molecule has 7 heteroatoms. The lowest BCUT2D eigenvalue weighted by Crippen LogP contribution is -2.41. The maximum Gasteiger partial charge on any atom is 0.229 e. The number of amides is 1. The normalized spacial score (nSPS) is 17.6. The molecule has 1 saturated heterocycles. The number of nitrogens with zero attached hydrogens (tertiary/aromatic N) is 3. The Hall–Kier alpha value is -2.21. The SMILES string of the molecule is Cc1ccc(N2CCCC(C(=O)Nc3ccc(F)c(Cl)c3)C2)nn1. The number of halogens is 2. The minimum Gasteiger partial charge on any atom is -0.354 e. The van der Waals surface area contributed by atoms with E-state index < -0.39 is 5.82 Å². The highest BCUT2D eigenvalue weighted by Crippen LogP contribution is 2.24. The number of piperidine rings is 1. The van der Waals surface area contributed by atoms with Gasteiger partial charge in [-0.1, -0.05) is 11.6 Å². The standard InChI is InChI=1S/C17H18ClFN4O/c1-11-4-7-16(22-21-11)23-8-2-3-12(10-23)17(24)20-13-5-6-15(19)14(18)9-13/h4-7,9,12H,2-3,8,10H2,1H3,(H,20,24). The number of nitrogens with one attached hydrogen (secondary N) is 1. The first kappa shape index (κ1) is 16.6. The molecule has 0 saturated carbocycles. The van der Waals surface area contributed by atoms with E-state index in [1.807, 2.05) is 19.1 Å². The average molecular weight is 349 g/mol. The molecule has 2 heterocycles. The largest absolute Gasteiger partial charge is 0.354 e. The van der Waals surface area contributed by atoms with Crippen molar-refractivity contribution in [1.29, 1.82) is 0 Å². The van der Waals surface area contributed by atoms with Crippen molar-refractivity contribution in [2.24, 2.45) is 5.92 Å². The number of carbonyl (C=O) groups excluding carboxylic acids is 1. The Labute approximate surface area is 144 Å². The van der Waals surface area contributed by atoms with Crippen LogP contribution in [0, 0.1) is 18.7 Å². The Kier molecular flexibility index (Phi) is 4.94. The van der Waals surface area contributed by atoms with Crippen LogP contribution in [0.4, 0.5) is 15.9 Å². The van der Waals surface area contributed by atoms with E-state index in [0.717, 1.165) is 30.9 Å². The topological polar surface area (TPSA) is 58.1 Å². The summed E-state index contributed by atoms with van der Waals surface area (Å²) in [4.78, 5) is 14.6. The van der Waals surface area contributed by atoms with Crippen LogP contribution >= 0.6 is 11.6 Å². The fourth-order valence-corrected chi connectivity index (χ4v) is 2.96. The van der Waals surface area contributed by atoms with Crippen LogP contribution in [0.15, 0.2) is 30.3 Å². The van der Waals surface area contributed by atoms with Gasteiger partial charge < -0.3 is 10.2 Å². The van der Waals surface area contributed by atoms with Crippen molar-refractivity contribution in [2.45, 2.75) is 19.8 Å². The van der Waals surface area contributed by atoms with Crippen molar-refractivity contribution in [1.82, 2.24) is 10.2 Å². The van der Waals surface area contributed by atoms with Crippen molar-refractivity contribution in [3.05, 3.63) is 46.9 Å². The Balaban J connectivity index is 1.66. The van der Waals surface area contributed by atoms with E-state index in [0.29, 0.717) is 12.2 Å². The van der Waals surface area contributed by atoms with Gasteiger partial charge in [-0.15, -0.1) is 5.10 Å². The molecular formula is C17H18ClFN4O. The van der Waals surface area contributed by atoms with Crippen LogP contribution < -0.4 is 10.2 Å². The molecule has 1 aromatic carbocycles. The summed E-state index contributed by atoms with van der Waals surface area (Å²) >= 11 is 5.75. The molecular weight excluding hydrogens is 331 g/mol. The van der Waals surface area contributed by atoms with Gasteiger partial charge in [0.25, 0.3) is 0 Å². The summed E-state index contributed by atoms with van der Waals surface area (Å²) < 4.78 is 13.2. The van der Waals surface area contributed by atoms with Crippen LogP contribution in [-0.2, 0) is 4.79 Å². The Morgan fingerprint density at radius 1 is 1.33 bits per heavy atom. The summed E-state index contributed by atoms with van der Waals surface area (Å²) in [5, 5.41) is 11.1. The summed E-state index contributed by atoms with van der Waals surface area (Å²) in [5.41, 5.74) is 1.36. The second kappa shape index (κ2) is 7.13. The van der Waals surface area contributed by atoms with Crippen LogP contribution in [0.25, 0.3) is 0 Å². The van der Waals surface area contributed by atoms with Crippen LogP contribution in [0.2, 0.25) is 5.02 Å². The molecule has 2 aromatic rings. The monoisotopic (exact) mass is 348 g/mol. The van der Waals surface area contributed by atoms with Gasteiger partial charge in [0.2, 0.25) is 5.91 Å². The second-order valence-corrected chi connectivity index (χ2v) is 6.34. The molecule has 3 rings (SSSR count). The van der Waals surface area contributed by atoms with Gasteiger partial charge in [-0.2, -0.15) is 5.10 Å². The van der Waals surface area contributed by atoms with Crippen molar-refractivity contribution in [2.75, 3.05) is 23.3 Å². The molecule has 5 nitrogen and oxygen atoms in total. The molecule has 1 amide bonds. The molecule has 1 aromatic heterocycles. The fourth-order valence-electron chi connectivity index (χ4n) is 2.78. The lowest BCUT2D eigenvalue weighted by molar-refractivity contribution is -0.120. The summed E-state index contributed by atoms with van der Waals surface area (Å²) in [5.74, 6) is 0.0208. The molecule has 1 fully saturated rings. The van der Waals surface area contributed by atoms with Gasteiger partial charge in [-0.05, 0) is 50.1 Å². The van der Waals surface area contributed by atoms with Gasteiger partial charge in [-0.25, -0.2) is 4.39 Å². The van der Waals surface area contributed by atoms with E-state index in [-0.39, 0.29) is 16.8 Å². The smallest absolute Gasteiger partial charge is 0.229 e. The first-order valence-electron chi connectivity index (χ1n) is 7.84. The number of hydrogen-bond acceptors (Lipinski definition) is 4. The summed E-state index contributed by atoms with van der Waals surface area (Å²) in [6, 6.07) is 7.99. The molecule has 0 radical (unpaired) electrons. The third kappa shape index (κ3) is 3.82. The molecule has 0 spiro atoms. The van der Waals surface area contributed by atoms with Gasteiger partial charge in [0, 0.05) is 18.8 Å². The van der Waals surface area contributed by atoms with E-state index in [2.05, 4.69) is 20.4 Å². The molecule has 1 N–H and O–H groups in total. The summed E-state index contributed by atoms with van der Waals surface area (Å²) in [6.45, 7) is 3.32. The van der Waals surface area contributed by atoms with E-state index in [9.17, 15) is 9.18 Å². The Bertz CT molecular complexity index is 738. The lowest BCUT2D eigenvalue weighted by Gasteiger charge is -2.32. The fraction of sp³-hybridized carbons (Fsp3) is 0.353. The highest BCUT2D eigenvalue weighted by molar-refractivity contribution is 6.31. The van der Waals surface area contributed by atoms with E-state index in [1.54, 1.807) is 0 Å². The lowest BCUT2D eigenvalue weighted by atomic mass is 9.97. The zero-order valence-electron chi connectivity index (χ0n) is 13.3. The van der Waals surface area contributed by atoms with Crippen molar-refractivity contribution in [3.8, 4) is 0 Å². The van der Waals surface area contributed by atoms with Crippen LogP contribution in [0.1, 0.15) is 18.5 Å². The van der Waals surface area contributed by atoms with E-state index >= 15 is 0 Å². The van der Waals surface area contributed by atoms with Gasteiger partial charge in [0.05, 0.1) is 16.6 Å². The second-order valence-electron chi connectivity index (χ2n) is 5.94. The van der Waals surface area contributed by atoms with E-state index in [4.69, 9.17) is 11.6 Å². The summed E-state index contributed by atoms with van der Waals surface area (Å²) in [7, 11) is 0. The Morgan fingerprint density at radius 3 is 2.88 bits per heavy atom. The molecule has 0 bridgehead atoms. The number of carbonyl (C=O) groups is 1. The van der Waals surface area contributed by atoms with E-state index in [1.165, 1.54) is 18.2 Å². The van der Waals surface area contributed by atoms with Crippen LogP contribution in [0.5, 0.6) is 0 Å². The van der Waals surface area contributed by atoms with Gasteiger partial charge in [0.1, 0.15) is 5.82 Å². The Morgan fingerprint density at radius 2 is 2.17 bits per heavy atom. The number of hydrogen-bond donors (Lipinski definition) is 1. The third-order valence-electron chi connectivity index (χ3n) is 4.09. The minimum absolute atomic E-state index is 0.00648. The average Bonchev–Trinajstić information content (AvgIpc) is 2.59. The molecule has 24 heavy (non-hydrogen) atoms. The third-order valence-corrected chi connectivity index (χ3v) is 4.38. The van der Waals surface area contributed by atoms with Crippen LogP contribution in [0.3, 0.4) is 0 Å². The first-order chi connectivity index (χ1) is 11.5. The first-order valence-corrected chi connectivity index (χ1v) is 8.22. The zero-order valence-corrected chi connectivity index (χ0v) is 14.1. The highest BCUT2D eigenvalue weighted by atomic mass is 35.5. The predicted octanol–water partition coefficient (Wildman–Crippen LogP) is 3.43. The molecule has 1 atom stereocenters. The molecule has 1 aliphatic rings. The number of benzene rings is 1. The maximum atomic E-state index is 13.2. The summed E-state index contributed by atoms with van der Waals surface area (Å²) in [6.07, 6.45) is 1.70. The van der Waals surface area contributed by atoms with Crippen LogP contribution in [-0.4, -0.2) is 29.2 Å². The quantitative estimate of drug-likeness (QED) is 0.923. The van der Waals surface area contributed by atoms with Gasteiger partial charge in [0.15, 0.2) is 5.82 Å². The highest BCUT2D eigenvalue weighted by Gasteiger charge is 2.26.